The normalized spacial score (nSPS) is 26.0. The molecule has 10 aliphatic heterocycles. The maximum atomic E-state index is 2.41. The van der Waals surface area contributed by atoms with Crippen LogP contribution in [-0.4, -0.2) is 46.0 Å². The van der Waals surface area contributed by atoms with Crippen molar-refractivity contribution in [2.75, 3.05) is 46.0 Å². The summed E-state index contributed by atoms with van der Waals surface area (Å²) in [5, 5.41) is 0. The summed E-state index contributed by atoms with van der Waals surface area (Å²) >= 11 is 41.0. The predicted molar refractivity (Wildman–Crippen MR) is 291 cm³/mol. The molecule has 10 heterocycles. The first kappa shape index (κ1) is 42.1. The summed E-state index contributed by atoms with van der Waals surface area (Å²) < 4.78 is 21.1. The molecule has 284 valence electrons. The van der Waals surface area contributed by atoms with Crippen molar-refractivity contribution in [1.82, 2.24) is 0 Å². The van der Waals surface area contributed by atoms with Crippen LogP contribution in [0.2, 0.25) is 0 Å². The van der Waals surface area contributed by atoms with Gasteiger partial charge >= 0.3 is 0 Å². The van der Waals surface area contributed by atoms with Crippen molar-refractivity contribution in [1.29, 1.82) is 0 Å². The van der Waals surface area contributed by atoms with Gasteiger partial charge in [-0.2, -0.15) is 0 Å². The lowest BCUT2D eigenvalue weighted by Crippen LogP contribution is -1.88. The standard InChI is InChI=1S/C34H28S20/c1-13(21-47-25-26(48-21)36-6-5-35-25)17-18(14(2)22-49-27-28(50-22)38-8-7-37-27)44-33(43-17)34-45-19(15(3)23-51-29-30(52-23)40-10-9-39-29)20(46-34)16(4)24-53-31-32(54-24)42-12-11-41-31/h5-12H2,1-4H3. The molecule has 20 heteroatoms. The second-order valence-electron chi connectivity index (χ2n) is 11.9. The van der Waals surface area contributed by atoms with E-state index in [4.69, 9.17) is 0 Å². The highest BCUT2D eigenvalue weighted by molar-refractivity contribution is 8.44. The van der Waals surface area contributed by atoms with Crippen LogP contribution in [0.1, 0.15) is 27.7 Å². The molecule has 0 atom stereocenters. The van der Waals surface area contributed by atoms with Crippen LogP contribution in [0, 0.1) is 0 Å². The first-order chi connectivity index (χ1) is 26.4. The fourth-order valence-electron chi connectivity index (χ4n) is 5.61. The number of rotatable bonds is 4. The van der Waals surface area contributed by atoms with Gasteiger partial charge in [-0.15, -0.1) is 94.1 Å². The van der Waals surface area contributed by atoms with E-state index in [9.17, 15) is 0 Å². The Morgan fingerprint density at radius 1 is 0.241 bits per heavy atom. The SMILES string of the molecule is CC(=C1SC2=C(SCCS2)S1)C1=C(C(C)=C2SC3=C(SCCS3)S2)SC(=C2SC(C(C)=C3SC4=C(SCCS4)S3)=C(C(C)=C3SC4=C(SCCS4)S3)S2)S1. The van der Waals surface area contributed by atoms with Gasteiger partial charge in [0.2, 0.25) is 0 Å². The zero-order chi connectivity index (χ0) is 36.5. The molecule has 10 aliphatic rings. The number of allylic oxidation sites excluding steroid dienone is 4. The fraction of sp³-hybridized carbons (Fsp3) is 0.353. The van der Waals surface area contributed by atoms with Gasteiger partial charge < -0.3 is 0 Å². The molecule has 0 aromatic rings. The molecule has 0 saturated carbocycles. The largest absolute Gasteiger partial charge is 0.116 e. The minimum Gasteiger partial charge on any atom is -0.116 e. The minimum atomic E-state index is 1.23. The van der Waals surface area contributed by atoms with Gasteiger partial charge in [0.25, 0.3) is 0 Å². The van der Waals surface area contributed by atoms with E-state index in [1.54, 1.807) is 0 Å². The zero-order valence-corrected chi connectivity index (χ0v) is 45.2. The van der Waals surface area contributed by atoms with Crippen molar-refractivity contribution < 1.29 is 0 Å². The van der Waals surface area contributed by atoms with E-state index in [1.165, 1.54) is 147 Å². The Morgan fingerprint density at radius 3 is 0.574 bits per heavy atom. The molecule has 0 bridgehead atoms. The lowest BCUT2D eigenvalue weighted by molar-refractivity contribution is 1.45. The third-order valence-electron chi connectivity index (χ3n) is 8.29. The maximum Gasteiger partial charge on any atom is 0.0706 e. The van der Waals surface area contributed by atoms with Crippen molar-refractivity contribution in [3.63, 3.8) is 0 Å². The zero-order valence-electron chi connectivity index (χ0n) is 28.8. The Morgan fingerprint density at radius 2 is 0.407 bits per heavy atom. The Bertz CT molecular complexity index is 1740. The van der Waals surface area contributed by atoms with Crippen molar-refractivity contribution >= 4 is 235 Å². The molecule has 0 N–H and O–H groups in total. The molecule has 54 heavy (non-hydrogen) atoms. The van der Waals surface area contributed by atoms with Crippen molar-refractivity contribution in [3.05, 3.63) is 101 Å². The first-order valence-corrected chi connectivity index (χ1v) is 34.3. The van der Waals surface area contributed by atoms with Crippen LogP contribution in [0.3, 0.4) is 0 Å². The molecule has 0 fully saturated rings. The monoisotopic (exact) mass is 1080 g/mol. The van der Waals surface area contributed by atoms with Gasteiger partial charge in [-0.1, -0.05) is 141 Å². The first-order valence-electron chi connectivity index (χ1n) is 16.6. The van der Waals surface area contributed by atoms with E-state index >= 15 is 0 Å². The lowest BCUT2D eigenvalue weighted by atomic mass is 10.2. The summed E-state index contributed by atoms with van der Waals surface area (Å²) in [5.41, 5.74) is 5.86. The van der Waals surface area contributed by atoms with Crippen molar-refractivity contribution in [2.45, 2.75) is 27.7 Å². The van der Waals surface area contributed by atoms with E-state index in [0.717, 1.165) is 0 Å². The summed E-state index contributed by atoms with van der Waals surface area (Å²) in [6.07, 6.45) is 0. The van der Waals surface area contributed by atoms with E-state index in [-0.39, 0.29) is 0 Å². The molecule has 0 amide bonds. The molecular weight excluding hydrogens is 1050 g/mol. The van der Waals surface area contributed by atoms with Gasteiger partial charge in [-0.05, 0) is 50.0 Å². The van der Waals surface area contributed by atoms with E-state index in [2.05, 4.69) is 169 Å². The molecular formula is C34H28S20. The summed E-state index contributed by atoms with van der Waals surface area (Å²) in [6, 6.07) is 0. The molecule has 0 aromatic heterocycles. The second kappa shape index (κ2) is 18.7. The van der Waals surface area contributed by atoms with Gasteiger partial charge in [0.15, 0.2) is 0 Å². The Labute approximate surface area is 404 Å². The van der Waals surface area contributed by atoms with Crippen LogP contribution in [0.15, 0.2) is 101 Å². The lowest BCUT2D eigenvalue weighted by Gasteiger charge is -2.11. The molecule has 0 spiro atoms. The Hall–Kier alpha value is 4.14. The topological polar surface area (TPSA) is 0 Å². The van der Waals surface area contributed by atoms with Crippen LogP contribution >= 0.6 is 235 Å². The highest BCUT2D eigenvalue weighted by atomic mass is 32.3. The molecule has 10 rings (SSSR count). The third kappa shape index (κ3) is 8.69. The molecule has 0 radical (unpaired) electrons. The van der Waals surface area contributed by atoms with Gasteiger partial charge in [0.05, 0.1) is 59.3 Å². The second-order valence-corrected chi connectivity index (χ2v) is 36.6. The highest BCUT2D eigenvalue weighted by Gasteiger charge is 2.38. The molecule has 0 saturated heterocycles. The molecule has 0 nitrogen and oxygen atoms in total. The van der Waals surface area contributed by atoms with E-state index < -0.39 is 0 Å². The summed E-state index contributed by atoms with van der Waals surface area (Å²) in [4.78, 5) is 5.91. The van der Waals surface area contributed by atoms with Gasteiger partial charge in [0, 0.05) is 65.6 Å². The number of thioether (sulfide) groups is 20. The van der Waals surface area contributed by atoms with Crippen LogP contribution in [0.4, 0.5) is 0 Å². The third-order valence-corrected chi connectivity index (χ3v) is 38.5. The van der Waals surface area contributed by atoms with Crippen molar-refractivity contribution in [3.8, 4) is 0 Å². The minimum absolute atomic E-state index is 1.23. The number of hydrogen-bond acceptors (Lipinski definition) is 20. The Kier molecular flexibility index (Phi) is 14.6. The van der Waals surface area contributed by atoms with E-state index in [1.807, 2.05) is 94.1 Å². The summed E-state index contributed by atoms with van der Waals surface area (Å²) in [6.45, 7) is 9.64. The summed E-state index contributed by atoms with van der Waals surface area (Å²) in [7, 11) is 0. The average molecular weight is 1080 g/mol. The fourth-order valence-corrected chi connectivity index (χ4v) is 35.8. The molecule has 0 aromatic carbocycles. The Balaban J connectivity index is 1.01. The smallest absolute Gasteiger partial charge is 0.0706 e. The molecule has 0 aliphatic carbocycles. The van der Waals surface area contributed by atoms with Crippen LogP contribution in [-0.2, 0) is 0 Å². The molecule has 0 unspecified atom stereocenters. The van der Waals surface area contributed by atoms with Gasteiger partial charge in [-0.3, -0.25) is 0 Å². The van der Waals surface area contributed by atoms with Crippen LogP contribution in [0.5, 0.6) is 0 Å². The quantitative estimate of drug-likeness (QED) is 0.262. The van der Waals surface area contributed by atoms with Crippen LogP contribution < -0.4 is 0 Å². The number of hydrogen-bond donors (Lipinski definition) is 0. The van der Waals surface area contributed by atoms with Gasteiger partial charge in [-0.25, -0.2) is 0 Å². The van der Waals surface area contributed by atoms with E-state index in [0.29, 0.717) is 0 Å². The average Bonchev–Trinajstić information content (AvgIpc) is 4.05. The predicted octanol–water partition coefficient (Wildman–Crippen LogP) is 18.8. The van der Waals surface area contributed by atoms with Crippen molar-refractivity contribution in [2.24, 2.45) is 0 Å². The van der Waals surface area contributed by atoms with Gasteiger partial charge in [0.1, 0.15) is 0 Å². The van der Waals surface area contributed by atoms with Crippen LogP contribution in [0.25, 0.3) is 0 Å². The maximum absolute atomic E-state index is 2.41. The highest BCUT2D eigenvalue weighted by Crippen LogP contribution is 2.70. The summed E-state index contributed by atoms with van der Waals surface area (Å²) in [5.74, 6) is 9.81.